The molecule has 0 saturated heterocycles. The lowest BCUT2D eigenvalue weighted by molar-refractivity contribution is 0.569. The number of para-hydroxylation sites is 3. The van der Waals surface area contributed by atoms with Crippen LogP contribution in [0.4, 0.5) is 0 Å². The van der Waals surface area contributed by atoms with Gasteiger partial charge in [-0.25, -0.2) is 4.98 Å². The van der Waals surface area contributed by atoms with Gasteiger partial charge in [0.2, 0.25) is 0 Å². The van der Waals surface area contributed by atoms with Crippen molar-refractivity contribution in [2.24, 2.45) is 0 Å². The first-order chi connectivity index (χ1) is 9.75. The van der Waals surface area contributed by atoms with Gasteiger partial charge in [-0.2, -0.15) is 0 Å². The summed E-state index contributed by atoms with van der Waals surface area (Å²) in [4.78, 5) is 4.76. The predicted molar refractivity (Wildman–Crippen MR) is 83.0 cm³/mol. The summed E-state index contributed by atoms with van der Waals surface area (Å²) >= 11 is 0. The zero-order chi connectivity index (χ0) is 13.9. The van der Waals surface area contributed by atoms with Crippen molar-refractivity contribution in [1.82, 2.24) is 14.9 Å². The van der Waals surface area contributed by atoms with Gasteiger partial charge in [0.25, 0.3) is 0 Å². The van der Waals surface area contributed by atoms with E-state index in [2.05, 4.69) is 66.2 Å². The molecule has 0 atom stereocenters. The van der Waals surface area contributed by atoms with Gasteiger partial charge in [0.15, 0.2) is 0 Å². The molecule has 0 unspecified atom stereocenters. The Kier molecular flexibility index (Phi) is 3.52. The molecule has 3 aromatic rings. The maximum atomic E-state index is 4.76. The number of aromatic nitrogens is 2. The summed E-state index contributed by atoms with van der Waals surface area (Å²) in [5, 5.41) is 3.45. The molecule has 3 heteroatoms. The van der Waals surface area contributed by atoms with E-state index in [4.69, 9.17) is 4.98 Å². The largest absolute Gasteiger partial charge is 0.308 e. The lowest BCUT2D eigenvalue weighted by atomic mass is 10.3. The van der Waals surface area contributed by atoms with Crippen LogP contribution in [-0.4, -0.2) is 15.6 Å². The first-order valence-electron chi connectivity index (χ1n) is 7.01. The van der Waals surface area contributed by atoms with Crippen LogP contribution in [0.5, 0.6) is 0 Å². The standard InChI is InChI=1S/C17H19N3/c1-13(2)18-12-17-19-15-10-6-7-11-16(15)20(17)14-8-4-3-5-9-14/h3-11,13,18H,12H2,1-2H3. The summed E-state index contributed by atoms with van der Waals surface area (Å²) < 4.78 is 2.23. The molecule has 2 aromatic carbocycles. The van der Waals surface area contributed by atoms with E-state index in [-0.39, 0.29) is 0 Å². The van der Waals surface area contributed by atoms with E-state index in [1.165, 1.54) is 0 Å². The molecule has 1 heterocycles. The molecular weight excluding hydrogens is 246 g/mol. The Bertz CT molecular complexity index is 699. The summed E-state index contributed by atoms with van der Waals surface area (Å²) in [5.74, 6) is 1.05. The summed E-state index contributed by atoms with van der Waals surface area (Å²) in [5.41, 5.74) is 3.35. The van der Waals surface area contributed by atoms with Crippen molar-refractivity contribution >= 4 is 11.0 Å². The van der Waals surface area contributed by atoms with Crippen LogP contribution >= 0.6 is 0 Å². The van der Waals surface area contributed by atoms with Crippen molar-refractivity contribution < 1.29 is 0 Å². The molecule has 0 spiro atoms. The highest BCUT2D eigenvalue weighted by Gasteiger charge is 2.11. The Hall–Kier alpha value is -2.13. The van der Waals surface area contributed by atoms with E-state index in [9.17, 15) is 0 Å². The summed E-state index contributed by atoms with van der Waals surface area (Å²) in [6, 6.07) is 19.1. The summed E-state index contributed by atoms with van der Waals surface area (Å²) in [7, 11) is 0. The summed E-state index contributed by atoms with van der Waals surface area (Å²) in [6.45, 7) is 5.06. The fourth-order valence-corrected chi connectivity index (χ4v) is 2.36. The number of nitrogens with one attached hydrogen (secondary N) is 1. The quantitative estimate of drug-likeness (QED) is 0.782. The van der Waals surface area contributed by atoms with Crippen molar-refractivity contribution in [3.8, 4) is 5.69 Å². The maximum Gasteiger partial charge on any atom is 0.128 e. The van der Waals surface area contributed by atoms with E-state index in [1.54, 1.807) is 0 Å². The fourth-order valence-electron chi connectivity index (χ4n) is 2.36. The van der Waals surface area contributed by atoms with E-state index < -0.39 is 0 Å². The third-order valence-corrected chi connectivity index (χ3v) is 3.31. The Morgan fingerprint density at radius 2 is 1.70 bits per heavy atom. The number of imidazole rings is 1. The van der Waals surface area contributed by atoms with Gasteiger partial charge in [-0.3, -0.25) is 4.57 Å². The van der Waals surface area contributed by atoms with Gasteiger partial charge in [0, 0.05) is 11.7 Å². The number of rotatable bonds is 4. The minimum absolute atomic E-state index is 0.444. The third kappa shape index (κ3) is 2.45. The zero-order valence-electron chi connectivity index (χ0n) is 11.9. The van der Waals surface area contributed by atoms with E-state index in [1.807, 2.05) is 12.1 Å². The van der Waals surface area contributed by atoms with Crippen molar-refractivity contribution in [2.45, 2.75) is 26.4 Å². The average molecular weight is 265 g/mol. The van der Waals surface area contributed by atoms with E-state index >= 15 is 0 Å². The summed E-state index contributed by atoms with van der Waals surface area (Å²) in [6.07, 6.45) is 0. The minimum atomic E-state index is 0.444. The van der Waals surface area contributed by atoms with Gasteiger partial charge < -0.3 is 5.32 Å². The lowest BCUT2D eigenvalue weighted by Gasteiger charge is -2.11. The second kappa shape index (κ2) is 5.47. The van der Waals surface area contributed by atoms with Crippen LogP contribution in [0.15, 0.2) is 54.6 Å². The van der Waals surface area contributed by atoms with Gasteiger partial charge >= 0.3 is 0 Å². The normalized spacial score (nSPS) is 11.3. The first kappa shape index (κ1) is 12.9. The Morgan fingerprint density at radius 3 is 2.45 bits per heavy atom. The molecule has 1 aromatic heterocycles. The number of nitrogens with zero attached hydrogens (tertiary/aromatic N) is 2. The van der Waals surface area contributed by atoms with Crippen molar-refractivity contribution in [2.75, 3.05) is 0 Å². The fraction of sp³-hybridized carbons (Fsp3) is 0.235. The highest BCUT2D eigenvalue weighted by molar-refractivity contribution is 5.78. The van der Waals surface area contributed by atoms with E-state index in [0.717, 1.165) is 29.1 Å². The molecule has 0 radical (unpaired) electrons. The number of hydrogen-bond donors (Lipinski definition) is 1. The van der Waals surface area contributed by atoms with Gasteiger partial charge in [-0.1, -0.05) is 44.2 Å². The molecule has 0 aliphatic rings. The predicted octanol–water partition coefficient (Wildman–Crippen LogP) is 3.52. The number of benzene rings is 2. The lowest BCUT2D eigenvalue weighted by Crippen LogP contribution is -2.23. The topological polar surface area (TPSA) is 29.9 Å². The molecule has 0 saturated carbocycles. The molecule has 20 heavy (non-hydrogen) atoms. The molecular formula is C17H19N3. The number of hydrogen-bond acceptors (Lipinski definition) is 2. The maximum absolute atomic E-state index is 4.76. The monoisotopic (exact) mass is 265 g/mol. The highest BCUT2D eigenvalue weighted by atomic mass is 15.1. The molecule has 0 aliphatic carbocycles. The minimum Gasteiger partial charge on any atom is -0.308 e. The van der Waals surface area contributed by atoms with Crippen LogP contribution < -0.4 is 5.32 Å². The molecule has 102 valence electrons. The smallest absolute Gasteiger partial charge is 0.128 e. The van der Waals surface area contributed by atoms with Gasteiger partial charge in [-0.05, 0) is 24.3 Å². The van der Waals surface area contributed by atoms with Crippen molar-refractivity contribution in [3.05, 3.63) is 60.4 Å². The second-order valence-corrected chi connectivity index (χ2v) is 5.22. The molecule has 3 nitrogen and oxygen atoms in total. The Balaban J connectivity index is 2.13. The Morgan fingerprint density at radius 1 is 1.00 bits per heavy atom. The Labute approximate surface area is 119 Å². The molecule has 3 rings (SSSR count). The van der Waals surface area contributed by atoms with Crippen LogP contribution in [0.3, 0.4) is 0 Å². The third-order valence-electron chi connectivity index (χ3n) is 3.31. The second-order valence-electron chi connectivity index (χ2n) is 5.22. The zero-order valence-corrected chi connectivity index (χ0v) is 11.9. The molecule has 0 fully saturated rings. The van der Waals surface area contributed by atoms with Crippen LogP contribution in [0.2, 0.25) is 0 Å². The molecule has 1 N–H and O–H groups in total. The van der Waals surface area contributed by atoms with Crippen LogP contribution in [0.1, 0.15) is 19.7 Å². The van der Waals surface area contributed by atoms with E-state index in [0.29, 0.717) is 6.04 Å². The SMILES string of the molecule is CC(C)NCc1nc2ccccc2n1-c1ccccc1. The molecule has 0 bridgehead atoms. The van der Waals surface area contributed by atoms with Crippen LogP contribution in [0, 0.1) is 0 Å². The van der Waals surface area contributed by atoms with Gasteiger partial charge in [-0.15, -0.1) is 0 Å². The average Bonchev–Trinajstić information content (AvgIpc) is 2.84. The van der Waals surface area contributed by atoms with Gasteiger partial charge in [0.05, 0.1) is 17.6 Å². The highest BCUT2D eigenvalue weighted by Crippen LogP contribution is 2.21. The van der Waals surface area contributed by atoms with Crippen molar-refractivity contribution in [3.63, 3.8) is 0 Å². The first-order valence-corrected chi connectivity index (χ1v) is 7.01. The van der Waals surface area contributed by atoms with Crippen molar-refractivity contribution in [1.29, 1.82) is 0 Å². The van der Waals surface area contributed by atoms with Gasteiger partial charge in [0.1, 0.15) is 5.82 Å². The number of fused-ring (bicyclic) bond motifs is 1. The van der Waals surface area contributed by atoms with Crippen LogP contribution in [-0.2, 0) is 6.54 Å². The van der Waals surface area contributed by atoms with Crippen LogP contribution in [0.25, 0.3) is 16.7 Å². The molecule has 0 amide bonds. The molecule has 0 aliphatic heterocycles.